The zero-order chi connectivity index (χ0) is 15.6. The first kappa shape index (κ1) is 15.8. The number of hydrogen-bond acceptors (Lipinski definition) is 3. The van der Waals surface area contributed by atoms with Gasteiger partial charge in [0.15, 0.2) is 0 Å². The van der Waals surface area contributed by atoms with Gasteiger partial charge in [-0.2, -0.15) is 0 Å². The molecule has 0 saturated heterocycles. The van der Waals surface area contributed by atoms with E-state index in [4.69, 9.17) is 23.2 Å². The van der Waals surface area contributed by atoms with Crippen LogP contribution in [0.3, 0.4) is 0 Å². The predicted molar refractivity (Wildman–Crippen MR) is 85.3 cm³/mol. The van der Waals surface area contributed by atoms with Gasteiger partial charge >= 0.3 is 5.69 Å². The molecule has 112 valence electrons. The number of aromatic nitrogens is 2. The van der Waals surface area contributed by atoms with Crippen molar-refractivity contribution in [2.75, 3.05) is 20.6 Å². The highest BCUT2D eigenvalue weighted by molar-refractivity contribution is 6.32. The van der Waals surface area contributed by atoms with Crippen LogP contribution < -0.4 is 11.2 Å². The molecule has 1 aromatic carbocycles. The fourth-order valence-electron chi connectivity index (χ4n) is 1.94. The summed E-state index contributed by atoms with van der Waals surface area (Å²) in [6, 6.07) is 6.79. The molecular weight excluding hydrogens is 313 g/mol. The second-order valence-corrected chi connectivity index (χ2v) is 5.70. The number of aromatic amines is 1. The fraction of sp³-hybridized carbons (Fsp3) is 0.286. The van der Waals surface area contributed by atoms with Gasteiger partial charge in [-0.3, -0.25) is 14.3 Å². The SMILES string of the molecule is CN(C)CCn1c(=O)[nH]c(Cl)c(-c2cccc(Cl)c2)c1=O. The molecule has 5 nitrogen and oxygen atoms in total. The molecule has 1 heterocycles. The van der Waals surface area contributed by atoms with Gasteiger partial charge in [-0.1, -0.05) is 35.3 Å². The van der Waals surface area contributed by atoms with E-state index in [9.17, 15) is 9.59 Å². The first-order valence-corrected chi connectivity index (χ1v) is 7.09. The summed E-state index contributed by atoms with van der Waals surface area (Å²) in [6.07, 6.45) is 0. The van der Waals surface area contributed by atoms with Crippen molar-refractivity contribution in [2.24, 2.45) is 0 Å². The van der Waals surface area contributed by atoms with E-state index in [2.05, 4.69) is 4.98 Å². The van der Waals surface area contributed by atoms with E-state index in [-0.39, 0.29) is 17.3 Å². The van der Waals surface area contributed by atoms with E-state index in [0.29, 0.717) is 17.1 Å². The molecule has 21 heavy (non-hydrogen) atoms. The molecule has 0 aliphatic rings. The third-order valence-electron chi connectivity index (χ3n) is 3.02. The zero-order valence-corrected chi connectivity index (χ0v) is 13.2. The average molecular weight is 328 g/mol. The Labute approximate surface area is 131 Å². The van der Waals surface area contributed by atoms with Gasteiger partial charge in [0, 0.05) is 18.1 Å². The topological polar surface area (TPSA) is 58.1 Å². The highest BCUT2D eigenvalue weighted by Crippen LogP contribution is 2.24. The number of likely N-dealkylation sites (N-methyl/N-ethyl adjacent to an activating group) is 1. The maximum Gasteiger partial charge on any atom is 0.329 e. The van der Waals surface area contributed by atoms with Crippen LogP contribution in [0.25, 0.3) is 11.1 Å². The van der Waals surface area contributed by atoms with Crippen LogP contribution >= 0.6 is 23.2 Å². The van der Waals surface area contributed by atoms with Gasteiger partial charge in [-0.25, -0.2) is 4.79 Å². The maximum absolute atomic E-state index is 12.5. The lowest BCUT2D eigenvalue weighted by atomic mass is 10.1. The van der Waals surface area contributed by atoms with Gasteiger partial charge in [0.25, 0.3) is 5.56 Å². The molecule has 0 amide bonds. The third kappa shape index (κ3) is 3.56. The number of nitrogens with zero attached hydrogens (tertiary/aromatic N) is 2. The zero-order valence-electron chi connectivity index (χ0n) is 11.7. The standard InChI is InChI=1S/C14H15Cl2N3O2/c1-18(2)6-7-19-13(20)11(12(16)17-14(19)21)9-4-3-5-10(15)8-9/h3-5,8H,6-7H2,1-2H3,(H,17,21). The highest BCUT2D eigenvalue weighted by atomic mass is 35.5. The van der Waals surface area contributed by atoms with Crippen LogP contribution in [0, 0.1) is 0 Å². The molecule has 7 heteroatoms. The van der Waals surface area contributed by atoms with E-state index in [0.717, 1.165) is 4.57 Å². The van der Waals surface area contributed by atoms with Crippen molar-refractivity contribution in [3.05, 3.63) is 55.3 Å². The molecule has 0 unspecified atom stereocenters. The molecule has 2 aromatic rings. The number of hydrogen-bond donors (Lipinski definition) is 1. The lowest BCUT2D eigenvalue weighted by molar-refractivity contribution is 0.376. The van der Waals surface area contributed by atoms with E-state index >= 15 is 0 Å². The Balaban J connectivity index is 2.59. The Kier molecular flexibility index (Phi) is 4.88. The number of benzene rings is 1. The molecular formula is C14H15Cl2N3O2. The van der Waals surface area contributed by atoms with Crippen molar-refractivity contribution < 1.29 is 0 Å². The van der Waals surface area contributed by atoms with Crippen LogP contribution in [0.1, 0.15) is 0 Å². The van der Waals surface area contributed by atoms with Crippen molar-refractivity contribution in [1.29, 1.82) is 0 Å². The van der Waals surface area contributed by atoms with Crippen LogP contribution in [-0.4, -0.2) is 35.1 Å². The molecule has 2 rings (SSSR count). The summed E-state index contributed by atoms with van der Waals surface area (Å²) in [7, 11) is 3.74. The van der Waals surface area contributed by atoms with E-state index in [1.165, 1.54) is 0 Å². The molecule has 1 N–H and O–H groups in total. The van der Waals surface area contributed by atoms with E-state index in [1.807, 2.05) is 19.0 Å². The van der Waals surface area contributed by atoms with Crippen molar-refractivity contribution in [3.63, 3.8) is 0 Å². The smallest absolute Gasteiger partial charge is 0.308 e. The largest absolute Gasteiger partial charge is 0.329 e. The van der Waals surface area contributed by atoms with Gasteiger partial charge in [0.2, 0.25) is 0 Å². The second-order valence-electron chi connectivity index (χ2n) is 4.89. The Morgan fingerprint density at radius 3 is 2.57 bits per heavy atom. The average Bonchev–Trinajstić information content (AvgIpc) is 2.37. The van der Waals surface area contributed by atoms with Crippen molar-refractivity contribution in [3.8, 4) is 11.1 Å². The summed E-state index contributed by atoms with van der Waals surface area (Å²) in [6.45, 7) is 0.853. The molecule has 0 bridgehead atoms. The third-order valence-corrected chi connectivity index (χ3v) is 3.54. The monoisotopic (exact) mass is 327 g/mol. The molecule has 0 aliphatic heterocycles. The van der Waals surface area contributed by atoms with Gasteiger partial charge in [-0.05, 0) is 31.8 Å². The van der Waals surface area contributed by atoms with Crippen molar-refractivity contribution in [1.82, 2.24) is 14.5 Å². The van der Waals surface area contributed by atoms with E-state index < -0.39 is 11.2 Å². The minimum atomic E-state index is -0.516. The lowest BCUT2D eigenvalue weighted by Gasteiger charge is -2.12. The highest BCUT2D eigenvalue weighted by Gasteiger charge is 2.15. The summed E-state index contributed by atoms with van der Waals surface area (Å²) < 4.78 is 1.14. The van der Waals surface area contributed by atoms with Gasteiger partial charge in [0.05, 0.1) is 5.56 Å². The maximum atomic E-state index is 12.5. The van der Waals surface area contributed by atoms with Crippen molar-refractivity contribution in [2.45, 2.75) is 6.54 Å². The molecule has 0 spiro atoms. The van der Waals surface area contributed by atoms with Crippen LogP contribution in [-0.2, 0) is 6.54 Å². The molecule has 1 aromatic heterocycles. The van der Waals surface area contributed by atoms with Crippen LogP contribution in [0.15, 0.2) is 33.9 Å². The van der Waals surface area contributed by atoms with Crippen LogP contribution in [0.2, 0.25) is 10.2 Å². The molecule has 0 radical (unpaired) electrons. The fourth-order valence-corrected chi connectivity index (χ4v) is 2.40. The molecule has 0 saturated carbocycles. The quantitative estimate of drug-likeness (QED) is 0.874. The molecule has 0 aliphatic carbocycles. The Hall–Kier alpha value is -1.56. The lowest BCUT2D eigenvalue weighted by Crippen LogP contribution is -2.38. The molecule has 0 atom stereocenters. The van der Waals surface area contributed by atoms with Crippen molar-refractivity contribution >= 4 is 23.2 Å². The first-order chi connectivity index (χ1) is 9.90. The Morgan fingerprint density at radius 1 is 1.24 bits per heavy atom. The summed E-state index contributed by atoms with van der Waals surface area (Å²) in [5.41, 5.74) is -0.115. The van der Waals surface area contributed by atoms with Gasteiger partial charge in [0.1, 0.15) is 5.15 Å². The van der Waals surface area contributed by atoms with Gasteiger partial charge < -0.3 is 4.90 Å². The minimum Gasteiger partial charge on any atom is -0.308 e. The number of H-pyrrole nitrogens is 1. The van der Waals surface area contributed by atoms with E-state index in [1.54, 1.807) is 24.3 Å². The van der Waals surface area contributed by atoms with Crippen LogP contribution in [0.4, 0.5) is 0 Å². The summed E-state index contributed by atoms with van der Waals surface area (Å²) in [5.74, 6) is 0. The number of nitrogens with one attached hydrogen (secondary N) is 1. The summed E-state index contributed by atoms with van der Waals surface area (Å²) in [5, 5.41) is 0.516. The minimum absolute atomic E-state index is 0.0216. The number of halogens is 2. The Bertz CT molecular complexity index is 766. The summed E-state index contributed by atoms with van der Waals surface area (Å²) in [4.78, 5) is 28.8. The molecule has 0 fully saturated rings. The van der Waals surface area contributed by atoms with Crippen LogP contribution in [0.5, 0.6) is 0 Å². The second kappa shape index (κ2) is 6.47. The normalized spacial score (nSPS) is 11.1. The number of rotatable bonds is 4. The Morgan fingerprint density at radius 2 is 1.95 bits per heavy atom. The van der Waals surface area contributed by atoms with Gasteiger partial charge in [-0.15, -0.1) is 0 Å². The predicted octanol–water partition coefficient (Wildman–Crippen LogP) is 2.07. The first-order valence-electron chi connectivity index (χ1n) is 6.33. The summed E-state index contributed by atoms with van der Waals surface area (Å²) >= 11 is 12.0.